The number of rotatable bonds is 5. The molecule has 0 bridgehead atoms. The molecule has 0 unspecified atom stereocenters. The third kappa shape index (κ3) is 4.30. The van der Waals surface area contributed by atoms with Gasteiger partial charge in [-0.15, -0.1) is 0 Å². The van der Waals surface area contributed by atoms with Gasteiger partial charge in [0.1, 0.15) is 17.3 Å². The number of hydrogen-bond acceptors (Lipinski definition) is 6. The van der Waals surface area contributed by atoms with Crippen LogP contribution in [0.25, 0.3) is 11.1 Å². The first-order valence-corrected chi connectivity index (χ1v) is 11.2. The van der Waals surface area contributed by atoms with Crippen molar-refractivity contribution in [3.8, 4) is 16.9 Å². The Hall–Kier alpha value is -3.05. The number of hydrogen-bond donors (Lipinski definition) is 2. The van der Waals surface area contributed by atoms with Gasteiger partial charge in [-0.3, -0.25) is 4.79 Å². The number of aryl methyl sites for hydroxylation is 2. The number of benzene rings is 2. The van der Waals surface area contributed by atoms with Crippen LogP contribution >= 0.6 is 11.6 Å². The second-order valence-corrected chi connectivity index (χ2v) is 9.96. The summed E-state index contributed by atoms with van der Waals surface area (Å²) in [6.07, 6.45) is 0. The van der Waals surface area contributed by atoms with E-state index in [1.165, 1.54) is 6.92 Å². The summed E-state index contributed by atoms with van der Waals surface area (Å²) in [7, 11) is -4.99. The predicted octanol–water partition coefficient (Wildman–Crippen LogP) is 5.40. The van der Waals surface area contributed by atoms with Gasteiger partial charge in [0.25, 0.3) is 5.91 Å². The lowest BCUT2D eigenvalue weighted by molar-refractivity contribution is 0.102. The van der Waals surface area contributed by atoms with Crippen molar-refractivity contribution in [2.75, 3.05) is 5.32 Å². The molecule has 176 valence electrons. The Bertz CT molecular complexity index is 1360. The molecule has 2 N–H and O–H groups in total. The van der Waals surface area contributed by atoms with Crippen LogP contribution in [0.15, 0.2) is 33.7 Å². The first kappa shape index (κ1) is 24.6. The van der Waals surface area contributed by atoms with Gasteiger partial charge in [0.2, 0.25) is 9.84 Å². The average Bonchev–Trinajstić information content (AvgIpc) is 3.03. The van der Waals surface area contributed by atoms with Gasteiger partial charge in [0.05, 0.1) is 32.4 Å². The molecule has 0 aliphatic carbocycles. The van der Waals surface area contributed by atoms with Crippen molar-refractivity contribution in [3.63, 3.8) is 0 Å². The predicted molar refractivity (Wildman–Crippen MR) is 115 cm³/mol. The van der Waals surface area contributed by atoms with Crippen LogP contribution in [-0.2, 0) is 9.84 Å². The first-order valence-electron chi connectivity index (χ1n) is 9.35. The summed E-state index contributed by atoms with van der Waals surface area (Å²) in [4.78, 5) is 12.2. The van der Waals surface area contributed by atoms with Crippen LogP contribution in [0.1, 0.15) is 34.3 Å². The highest BCUT2D eigenvalue weighted by Gasteiger charge is 2.41. The van der Waals surface area contributed by atoms with E-state index in [0.717, 1.165) is 24.3 Å². The number of amides is 1. The smallest absolute Gasteiger partial charge is 0.347 e. The van der Waals surface area contributed by atoms with Crippen molar-refractivity contribution in [1.82, 2.24) is 5.16 Å². The second kappa shape index (κ2) is 8.38. The quantitative estimate of drug-likeness (QED) is 0.483. The Labute approximate surface area is 192 Å². The minimum atomic E-state index is -4.99. The van der Waals surface area contributed by atoms with Crippen LogP contribution in [0.2, 0.25) is 5.02 Å². The molecule has 33 heavy (non-hydrogen) atoms. The number of anilines is 1. The van der Waals surface area contributed by atoms with Crippen molar-refractivity contribution >= 4 is 33.0 Å². The van der Waals surface area contributed by atoms with Gasteiger partial charge in [-0.1, -0.05) is 16.8 Å². The fraction of sp³-hybridized carbons (Fsp3) is 0.238. The summed E-state index contributed by atoms with van der Waals surface area (Å²) in [5, 5.41) is 12.5. The normalized spacial score (nSPS) is 12.1. The molecule has 0 aliphatic rings. The summed E-state index contributed by atoms with van der Waals surface area (Å²) in [5.41, 5.74) is -0.0444. The number of alkyl halides is 2. The summed E-state index contributed by atoms with van der Waals surface area (Å²) >= 11 is 6.00. The van der Waals surface area contributed by atoms with Gasteiger partial charge in [-0.2, -0.15) is 8.78 Å². The number of aromatic nitrogens is 1. The van der Waals surface area contributed by atoms with E-state index >= 15 is 0 Å². The molecule has 0 atom stereocenters. The van der Waals surface area contributed by atoms with E-state index in [-0.39, 0.29) is 28.8 Å². The number of carbonyl (C=O) groups is 1. The highest BCUT2D eigenvalue weighted by Crippen LogP contribution is 2.39. The van der Waals surface area contributed by atoms with Gasteiger partial charge in [-0.05, 0) is 45.0 Å². The summed E-state index contributed by atoms with van der Waals surface area (Å²) in [5.74, 6) is -1.99. The Kier molecular flexibility index (Phi) is 6.24. The van der Waals surface area contributed by atoms with Gasteiger partial charge in [-0.25, -0.2) is 12.8 Å². The molecule has 3 rings (SSSR count). The third-order valence-corrected chi connectivity index (χ3v) is 7.13. The van der Waals surface area contributed by atoms with E-state index in [9.17, 15) is 31.5 Å². The van der Waals surface area contributed by atoms with Crippen molar-refractivity contribution in [2.24, 2.45) is 0 Å². The van der Waals surface area contributed by atoms with Crippen LogP contribution in [0.3, 0.4) is 0 Å². The standard InChI is InChI=1S/C21H18ClF3N2O5S/c1-9-15(23)8-13(18-10(2)27-32-11(18)3)19(28)17(9)20(29)26-16-6-5-12(7-14(16)22)33(30,31)21(4,24)25/h5-8,28H,1-4H3,(H,26,29). The molecule has 0 fully saturated rings. The zero-order valence-corrected chi connectivity index (χ0v) is 19.3. The molecule has 1 heterocycles. The molecular weight excluding hydrogens is 485 g/mol. The van der Waals surface area contributed by atoms with E-state index in [0.29, 0.717) is 17.0 Å². The van der Waals surface area contributed by atoms with Crippen molar-refractivity contribution < 1.29 is 36.0 Å². The number of nitrogens with zero attached hydrogens (tertiary/aromatic N) is 1. The maximum Gasteiger partial charge on any atom is 0.347 e. The monoisotopic (exact) mass is 502 g/mol. The Morgan fingerprint density at radius 1 is 1.21 bits per heavy atom. The number of phenolic OH excluding ortho intramolecular Hbond substituents is 1. The SMILES string of the molecule is Cc1noc(C)c1-c1cc(F)c(C)c(C(=O)Nc2ccc(S(=O)(=O)C(C)(F)F)cc2Cl)c1O. The summed E-state index contributed by atoms with van der Waals surface area (Å²) in [6, 6.07) is 3.67. The number of aromatic hydroxyl groups is 1. The van der Waals surface area contributed by atoms with Crippen LogP contribution in [0, 0.1) is 26.6 Å². The van der Waals surface area contributed by atoms with E-state index in [2.05, 4.69) is 10.5 Å². The van der Waals surface area contributed by atoms with Crippen molar-refractivity contribution in [2.45, 2.75) is 37.8 Å². The molecule has 2 aromatic carbocycles. The Balaban J connectivity index is 2.04. The van der Waals surface area contributed by atoms with Crippen LogP contribution < -0.4 is 5.32 Å². The Morgan fingerprint density at radius 3 is 2.36 bits per heavy atom. The second-order valence-electron chi connectivity index (χ2n) is 7.36. The molecule has 0 radical (unpaired) electrons. The molecule has 0 spiro atoms. The van der Waals surface area contributed by atoms with E-state index < -0.39 is 43.0 Å². The molecule has 1 aromatic heterocycles. The number of carbonyl (C=O) groups excluding carboxylic acids is 1. The minimum Gasteiger partial charge on any atom is -0.506 e. The maximum absolute atomic E-state index is 14.6. The molecule has 3 aromatic rings. The zero-order chi connectivity index (χ0) is 24.9. The van der Waals surface area contributed by atoms with Gasteiger partial charge in [0.15, 0.2) is 0 Å². The maximum atomic E-state index is 14.6. The number of halogens is 4. The first-order chi connectivity index (χ1) is 15.2. The third-order valence-electron chi connectivity index (χ3n) is 5.00. The van der Waals surface area contributed by atoms with Gasteiger partial charge < -0.3 is 14.9 Å². The molecule has 1 amide bonds. The topological polar surface area (TPSA) is 110 Å². The number of nitrogens with one attached hydrogen (secondary N) is 1. The molecule has 0 aliphatic heterocycles. The lowest BCUT2D eigenvalue weighted by Gasteiger charge is -2.16. The van der Waals surface area contributed by atoms with Crippen LogP contribution in [0.4, 0.5) is 18.9 Å². The lowest BCUT2D eigenvalue weighted by Crippen LogP contribution is -2.24. The fourth-order valence-corrected chi connectivity index (χ4v) is 4.45. The molecule has 7 nitrogen and oxygen atoms in total. The highest BCUT2D eigenvalue weighted by molar-refractivity contribution is 7.92. The summed E-state index contributed by atoms with van der Waals surface area (Å²) < 4.78 is 70.3. The molecule has 0 saturated heterocycles. The van der Waals surface area contributed by atoms with Crippen molar-refractivity contribution in [3.05, 3.63) is 57.7 Å². The molecular formula is C21H18ClF3N2O5S. The molecule has 0 saturated carbocycles. The van der Waals surface area contributed by atoms with E-state index in [4.69, 9.17) is 16.1 Å². The van der Waals surface area contributed by atoms with Gasteiger partial charge >= 0.3 is 5.25 Å². The van der Waals surface area contributed by atoms with E-state index in [1.807, 2.05) is 0 Å². The zero-order valence-electron chi connectivity index (χ0n) is 17.8. The molecule has 12 heteroatoms. The van der Waals surface area contributed by atoms with Crippen LogP contribution in [-0.4, -0.2) is 29.8 Å². The lowest BCUT2D eigenvalue weighted by atomic mass is 9.96. The van der Waals surface area contributed by atoms with Crippen molar-refractivity contribution in [1.29, 1.82) is 0 Å². The number of sulfone groups is 1. The highest BCUT2D eigenvalue weighted by atomic mass is 35.5. The van der Waals surface area contributed by atoms with Crippen LogP contribution in [0.5, 0.6) is 5.75 Å². The minimum absolute atomic E-state index is 0.0165. The van der Waals surface area contributed by atoms with E-state index in [1.54, 1.807) is 13.8 Å². The fourth-order valence-electron chi connectivity index (χ4n) is 3.23. The average molecular weight is 503 g/mol. The Morgan fingerprint density at radius 2 is 1.85 bits per heavy atom. The summed E-state index contributed by atoms with van der Waals surface area (Å²) in [6.45, 7) is 4.65. The largest absolute Gasteiger partial charge is 0.506 e. The number of phenols is 1. The van der Waals surface area contributed by atoms with Gasteiger partial charge in [0, 0.05) is 18.1 Å².